The minimum atomic E-state index is 0.311. The van der Waals surface area contributed by atoms with E-state index < -0.39 is 0 Å². The van der Waals surface area contributed by atoms with Gasteiger partial charge in [0.1, 0.15) is 0 Å². The lowest BCUT2D eigenvalue weighted by Crippen LogP contribution is -2.02. The van der Waals surface area contributed by atoms with Gasteiger partial charge in [-0.1, -0.05) is 48.5 Å². The second-order valence-electron chi connectivity index (χ2n) is 5.79. The highest BCUT2D eigenvalue weighted by Gasteiger charge is 2.30. The molecule has 1 atom stereocenters. The molecule has 0 saturated heterocycles. The molecule has 1 heteroatoms. The third kappa shape index (κ3) is 1.81. The lowest BCUT2D eigenvalue weighted by molar-refractivity contribution is 0.980. The summed E-state index contributed by atoms with van der Waals surface area (Å²) < 4.78 is 0. The van der Waals surface area contributed by atoms with Gasteiger partial charge in [-0.2, -0.15) is 0 Å². The van der Waals surface area contributed by atoms with Crippen molar-refractivity contribution in [1.29, 1.82) is 0 Å². The van der Waals surface area contributed by atoms with E-state index in [1.54, 1.807) is 0 Å². The number of nitrogens with zero attached hydrogens (tertiary/aromatic N) is 1. The summed E-state index contributed by atoms with van der Waals surface area (Å²) >= 11 is 0. The molecule has 0 aliphatic heterocycles. The van der Waals surface area contributed by atoms with E-state index in [0.717, 1.165) is 5.69 Å². The number of benzene rings is 2. The molecule has 102 valence electrons. The molecule has 21 heavy (non-hydrogen) atoms. The largest absolute Gasteiger partial charge is 0.261 e. The Kier molecular flexibility index (Phi) is 2.68. The Hall–Kier alpha value is -2.41. The fraction of sp³-hybridized carbons (Fsp3) is 0.150. The first-order valence-electron chi connectivity index (χ1n) is 7.37. The van der Waals surface area contributed by atoms with Crippen LogP contribution in [-0.2, 0) is 0 Å². The number of aryl methyl sites for hydroxylation is 2. The molecule has 0 N–H and O–H groups in total. The zero-order valence-electron chi connectivity index (χ0n) is 12.3. The van der Waals surface area contributed by atoms with Crippen molar-refractivity contribution >= 4 is 0 Å². The van der Waals surface area contributed by atoms with E-state index in [4.69, 9.17) is 0 Å². The summed E-state index contributed by atoms with van der Waals surface area (Å²) in [6.45, 7) is 4.25. The van der Waals surface area contributed by atoms with Gasteiger partial charge in [-0.25, -0.2) is 0 Å². The third-order valence-corrected chi connectivity index (χ3v) is 4.44. The molecule has 1 heterocycles. The number of fused-ring (bicyclic) bond motifs is 3. The summed E-state index contributed by atoms with van der Waals surface area (Å²) in [6, 6.07) is 19.6. The van der Waals surface area contributed by atoms with E-state index in [2.05, 4.69) is 79.6 Å². The number of rotatable bonds is 1. The number of hydrogen-bond acceptors (Lipinski definition) is 1. The molecule has 1 unspecified atom stereocenters. The van der Waals surface area contributed by atoms with Gasteiger partial charge in [-0.3, -0.25) is 4.98 Å². The highest BCUT2D eigenvalue weighted by molar-refractivity contribution is 5.80. The number of aromatic nitrogens is 1. The second kappa shape index (κ2) is 4.56. The van der Waals surface area contributed by atoms with Crippen LogP contribution >= 0.6 is 0 Å². The molecule has 0 fully saturated rings. The van der Waals surface area contributed by atoms with Gasteiger partial charge in [0.15, 0.2) is 0 Å². The van der Waals surface area contributed by atoms with Crippen LogP contribution in [0.5, 0.6) is 0 Å². The standard InChI is InChI=1S/C20H17N/c1-13-7-3-4-8-15(13)20-17-10-6-5-9-16(17)18-11-14(2)21-12-19(18)20/h3-12,20H,1-2H3. The van der Waals surface area contributed by atoms with Gasteiger partial charge in [0, 0.05) is 17.8 Å². The Morgan fingerprint density at radius 3 is 2.29 bits per heavy atom. The van der Waals surface area contributed by atoms with E-state index in [9.17, 15) is 0 Å². The molecular weight excluding hydrogens is 254 g/mol. The maximum Gasteiger partial charge on any atom is 0.0379 e. The topological polar surface area (TPSA) is 12.9 Å². The first kappa shape index (κ1) is 12.3. The maximum atomic E-state index is 4.54. The van der Waals surface area contributed by atoms with Crippen LogP contribution in [0.3, 0.4) is 0 Å². The predicted octanol–water partition coefficient (Wildman–Crippen LogP) is 4.86. The average Bonchev–Trinajstić information content (AvgIpc) is 2.82. The van der Waals surface area contributed by atoms with E-state index >= 15 is 0 Å². The van der Waals surface area contributed by atoms with Gasteiger partial charge in [-0.15, -0.1) is 0 Å². The van der Waals surface area contributed by atoms with Crippen molar-refractivity contribution in [3.05, 3.63) is 88.7 Å². The number of hydrogen-bond donors (Lipinski definition) is 0. The molecule has 0 bridgehead atoms. The quantitative estimate of drug-likeness (QED) is 0.482. The third-order valence-electron chi connectivity index (χ3n) is 4.44. The summed E-state index contributed by atoms with van der Waals surface area (Å²) in [6.07, 6.45) is 2.06. The first-order chi connectivity index (χ1) is 10.3. The highest BCUT2D eigenvalue weighted by Crippen LogP contribution is 2.48. The summed E-state index contributed by atoms with van der Waals surface area (Å²) in [5, 5.41) is 0. The summed E-state index contributed by atoms with van der Waals surface area (Å²) in [7, 11) is 0. The van der Waals surface area contributed by atoms with Crippen molar-refractivity contribution in [2.75, 3.05) is 0 Å². The summed E-state index contributed by atoms with van der Waals surface area (Å²) in [5.74, 6) is 0.311. The monoisotopic (exact) mass is 271 g/mol. The second-order valence-corrected chi connectivity index (χ2v) is 5.79. The normalized spacial score (nSPS) is 15.6. The van der Waals surface area contributed by atoms with Crippen LogP contribution in [0.25, 0.3) is 11.1 Å². The van der Waals surface area contributed by atoms with Crippen LogP contribution in [0.15, 0.2) is 60.8 Å². The molecule has 0 radical (unpaired) electrons. The molecule has 3 aromatic rings. The van der Waals surface area contributed by atoms with Crippen LogP contribution in [0.1, 0.15) is 33.9 Å². The minimum Gasteiger partial charge on any atom is -0.261 e. The van der Waals surface area contributed by atoms with Crippen molar-refractivity contribution in [3.63, 3.8) is 0 Å². The minimum absolute atomic E-state index is 0.311. The van der Waals surface area contributed by atoms with E-state index in [-0.39, 0.29) is 0 Å². The van der Waals surface area contributed by atoms with Crippen molar-refractivity contribution in [3.8, 4) is 11.1 Å². The lowest BCUT2D eigenvalue weighted by atomic mass is 9.87. The Balaban J connectivity index is 2.03. The molecule has 4 rings (SSSR count). The van der Waals surface area contributed by atoms with E-state index in [1.165, 1.54) is 33.4 Å². The molecule has 1 nitrogen and oxygen atoms in total. The van der Waals surface area contributed by atoms with Crippen LogP contribution < -0.4 is 0 Å². The molecule has 2 aromatic carbocycles. The summed E-state index contributed by atoms with van der Waals surface area (Å²) in [5.41, 5.74) is 9.22. The average molecular weight is 271 g/mol. The van der Waals surface area contributed by atoms with E-state index in [1.807, 2.05) is 0 Å². The molecule has 0 saturated carbocycles. The van der Waals surface area contributed by atoms with Crippen LogP contribution in [-0.4, -0.2) is 4.98 Å². The van der Waals surface area contributed by atoms with E-state index in [0.29, 0.717) is 5.92 Å². The van der Waals surface area contributed by atoms with Gasteiger partial charge in [0.05, 0.1) is 0 Å². The SMILES string of the molecule is Cc1cc2c(cn1)C(c1ccccc1C)c1ccccc1-2. The van der Waals surface area contributed by atoms with Gasteiger partial charge < -0.3 is 0 Å². The highest BCUT2D eigenvalue weighted by atomic mass is 14.7. The van der Waals surface area contributed by atoms with Gasteiger partial charge in [-0.05, 0) is 53.3 Å². The van der Waals surface area contributed by atoms with Crippen LogP contribution in [0.2, 0.25) is 0 Å². The summed E-state index contributed by atoms with van der Waals surface area (Å²) in [4.78, 5) is 4.54. The molecule has 0 spiro atoms. The first-order valence-corrected chi connectivity index (χ1v) is 7.37. The molecule has 1 aliphatic rings. The smallest absolute Gasteiger partial charge is 0.0379 e. The zero-order valence-corrected chi connectivity index (χ0v) is 12.3. The maximum absolute atomic E-state index is 4.54. The van der Waals surface area contributed by atoms with Gasteiger partial charge in [0.25, 0.3) is 0 Å². The van der Waals surface area contributed by atoms with Crippen molar-refractivity contribution in [2.45, 2.75) is 19.8 Å². The van der Waals surface area contributed by atoms with Crippen LogP contribution in [0.4, 0.5) is 0 Å². The molecule has 1 aliphatic carbocycles. The fourth-order valence-electron chi connectivity index (χ4n) is 3.44. The number of pyridine rings is 1. The Labute approximate surface area is 125 Å². The van der Waals surface area contributed by atoms with Gasteiger partial charge in [0.2, 0.25) is 0 Å². The Morgan fingerprint density at radius 2 is 1.48 bits per heavy atom. The molecule has 0 amide bonds. The van der Waals surface area contributed by atoms with Crippen LogP contribution in [0, 0.1) is 13.8 Å². The predicted molar refractivity (Wildman–Crippen MR) is 86.5 cm³/mol. The molecule has 1 aromatic heterocycles. The van der Waals surface area contributed by atoms with Crippen molar-refractivity contribution in [1.82, 2.24) is 4.98 Å². The van der Waals surface area contributed by atoms with Crippen molar-refractivity contribution in [2.24, 2.45) is 0 Å². The Bertz CT molecular complexity index is 833. The fourth-order valence-corrected chi connectivity index (χ4v) is 3.44. The molecular formula is C20H17N. The zero-order chi connectivity index (χ0) is 14.4. The lowest BCUT2D eigenvalue weighted by Gasteiger charge is -2.16. The van der Waals surface area contributed by atoms with Crippen molar-refractivity contribution < 1.29 is 0 Å². The Morgan fingerprint density at radius 1 is 0.762 bits per heavy atom. The van der Waals surface area contributed by atoms with Gasteiger partial charge >= 0.3 is 0 Å².